The first-order valence-corrected chi connectivity index (χ1v) is 10.1. The van der Waals surface area contributed by atoms with Crippen molar-refractivity contribution in [3.63, 3.8) is 0 Å². The van der Waals surface area contributed by atoms with E-state index >= 15 is 0 Å². The summed E-state index contributed by atoms with van der Waals surface area (Å²) in [6.07, 6.45) is 2.92. The molecule has 0 aliphatic heterocycles. The number of fused-ring (bicyclic) bond motifs is 1. The van der Waals surface area contributed by atoms with Gasteiger partial charge in [-0.2, -0.15) is 0 Å². The van der Waals surface area contributed by atoms with E-state index in [1.54, 1.807) is 7.11 Å². The van der Waals surface area contributed by atoms with Gasteiger partial charge in [-0.3, -0.25) is 0 Å². The summed E-state index contributed by atoms with van der Waals surface area (Å²) in [5, 5.41) is 3.88. The molecule has 3 heterocycles. The molecule has 0 saturated heterocycles. The van der Waals surface area contributed by atoms with Gasteiger partial charge in [0.05, 0.1) is 28.9 Å². The fourth-order valence-electron chi connectivity index (χ4n) is 3.56. The van der Waals surface area contributed by atoms with Gasteiger partial charge in [0.15, 0.2) is 0 Å². The van der Waals surface area contributed by atoms with Gasteiger partial charge in [-0.05, 0) is 43.0 Å². The predicted octanol–water partition coefficient (Wildman–Crippen LogP) is 5.82. The number of halogens is 1. The van der Waals surface area contributed by atoms with Crippen LogP contribution in [0.15, 0.2) is 24.4 Å². The zero-order valence-electron chi connectivity index (χ0n) is 17.5. The van der Waals surface area contributed by atoms with Gasteiger partial charge in [-0.25, -0.2) is 9.97 Å². The van der Waals surface area contributed by atoms with Crippen LogP contribution in [0.3, 0.4) is 0 Å². The minimum Gasteiger partial charge on any atom is -0.383 e. The van der Waals surface area contributed by atoms with Crippen LogP contribution in [0.2, 0.25) is 5.02 Å². The minimum atomic E-state index is 0.229. The third-order valence-electron chi connectivity index (χ3n) is 5.17. The van der Waals surface area contributed by atoms with Crippen molar-refractivity contribution in [1.82, 2.24) is 14.5 Å². The fraction of sp³-hybridized carbons (Fsp3) is 0.455. The van der Waals surface area contributed by atoms with Crippen molar-refractivity contribution in [2.24, 2.45) is 0 Å². The minimum absolute atomic E-state index is 0.229. The highest BCUT2D eigenvalue weighted by atomic mass is 35.5. The van der Waals surface area contributed by atoms with Crippen molar-refractivity contribution in [3.8, 4) is 11.3 Å². The van der Waals surface area contributed by atoms with Crippen LogP contribution in [0, 0.1) is 6.92 Å². The third kappa shape index (κ3) is 3.74. The molecule has 150 valence electrons. The van der Waals surface area contributed by atoms with Crippen molar-refractivity contribution in [1.29, 1.82) is 0 Å². The van der Waals surface area contributed by atoms with Crippen LogP contribution in [0.4, 0.5) is 5.82 Å². The summed E-state index contributed by atoms with van der Waals surface area (Å²) in [7, 11) is 3.62. The molecule has 1 N–H and O–H groups in total. The summed E-state index contributed by atoms with van der Waals surface area (Å²) < 4.78 is 7.58. The Morgan fingerprint density at radius 1 is 1.25 bits per heavy atom. The number of aryl methyl sites for hydroxylation is 1. The van der Waals surface area contributed by atoms with Gasteiger partial charge in [-0.1, -0.05) is 32.4 Å². The first kappa shape index (κ1) is 20.6. The smallest absolute Gasteiger partial charge is 0.135 e. The zero-order chi connectivity index (χ0) is 20.4. The lowest BCUT2D eigenvalue weighted by Crippen LogP contribution is -2.13. The first-order chi connectivity index (χ1) is 13.4. The molecule has 0 radical (unpaired) electrons. The molecule has 6 heteroatoms. The molecule has 0 aliphatic rings. The van der Waals surface area contributed by atoms with Crippen LogP contribution in [-0.4, -0.2) is 35.3 Å². The van der Waals surface area contributed by atoms with Gasteiger partial charge in [0.25, 0.3) is 0 Å². The molecule has 0 saturated carbocycles. The number of anilines is 1. The number of pyridine rings is 2. The largest absolute Gasteiger partial charge is 0.383 e. The standard InChI is InChI=1S/C22H29ClN4O/c1-7-15(12-28-6)27-11-17(23)21-19(27)10-14(4)20(26-21)16-8-9-18(13(2)3)25-22(16)24-5/h8-11,13,15H,7,12H2,1-6H3,(H,24,25)/t15-/m1/s1. The van der Waals surface area contributed by atoms with E-state index in [0.29, 0.717) is 17.5 Å². The predicted molar refractivity (Wildman–Crippen MR) is 118 cm³/mol. The van der Waals surface area contributed by atoms with E-state index in [4.69, 9.17) is 26.3 Å². The van der Waals surface area contributed by atoms with Crippen LogP contribution in [-0.2, 0) is 4.74 Å². The average Bonchev–Trinajstić information content (AvgIpc) is 3.00. The maximum Gasteiger partial charge on any atom is 0.135 e. The number of aromatic nitrogens is 3. The summed E-state index contributed by atoms with van der Waals surface area (Å²) in [5.41, 5.74) is 5.88. The summed E-state index contributed by atoms with van der Waals surface area (Å²) in [6.45, 7) is 9.16. The van der Waals surface area contributed by atoms with Gasteiger partial charge < -0.3 is 14.6 Å². The number of rotatable bonds is 7. The highest BCUT2D eigenvalue weighted by Gasteiger charge is 2.19. The molecule has 0 aliphatic carbocycles. The molecule has 0 unspecified atom stereocenters. The average molecular weight is 401 g/mol. The Hall–Kier alpha value is -2.11. The quantitative estimate of drug-likeness (QED) is 0.542. The third-order valence-corrected chi connectivity index (χ3v) is 5.45. The summed E-state index contributed by atoms with van der Waals surface area (Å²) in [5.74, 6) is 1.20. The number of hydrogen-bond acceptors (Lipinski definition) is 4. The Morgan fingerprint density at radius 3 is 2.61 bits per heavy atom. The molecule has 3 rings (SSSR count). The van der Waals surface area contributed by atoms with E-state index in [1.807, 2.05) is 13.2 Å². The van der Waals surface area contributed by atoms with E-state index in [9.17, 15) is 0 Å². The van der Waals surface area contributed by atoms with Crippen LogP contribution >= 0.6 is 11.6 Å². The lowest BCUT2D eigenvalue weighted by Gasteiger charge is -2.18. The highest BCUT2D eigenvalue weighted by Crippen LogP contribution is 2.35. The monoisotopic (exact) mass is 400 g/mol. The van der Waals surface area contributed by atoms with Crippen molar-refractivity contribution in [2.45, 2.75) is 46.1 Å². The van der Waals surface area contributed by atoms with E-state index in [1.165, 1.54) is 0 Å². The molecule has 0 aromatic carbocycles. The van der Waals surface area contributed by atoms with E-state index in [0.717, 1.165) is 45.8 Å². The Balaban J connectivity index is 2.17. The maximum atomic E-state index is 6.58. The first-order valence-electron chi connectivity index (χ1n) is 9.76. The molecule has 0 spiro atoms. The Kier molecular flexibility index (Phi) is 6.26. The molecule has 5 nitrogen and oxygen atoms in total. The molecule has 0 bridgehead atoms. The lowest BCUT2D eigenvalue weighted by atomic mass is 10.0. The van der Waals surface area contributed by atoms with E-state index in [-0.39, 0.29) is 6.04 Å². The Labute approximate surface area is 172 Å². The van der Waals surface area contributed by atoms with Crippen molar-refractivity contribution < 1.29 is 4.74 Å². The molecular formula is C22H29ClN4O. The summed E-state index contributed by atoms with van der Waals surface area (Å²) >= 11 is 6.58. The zero-order valence-corrected chi connectivity index (χ0v) is 18.3. The second-order valence-electron chi connectivity index (χ2n) is 7.46. The van der Waals surface area contributed by atoms with E-state index < -0.39 is 0 Å². The van der Waals surface area contributed by atoms with Crippen molar-refractivity contribution >= 4 is 28.5 Å². The van der Waals surface area contributed by atoms with Gasteiger partial charge in [-0.15, -0.1) is 0 Å². The second kappa shape index (κ2) is 8.50. The molecule has 0 fully saturated rings. The van der Waals surface area contributed by atoms with Crippen molar-refractivity contribution in [2.75, 3.05) is 26.1 Å². The Bertz CT molecular complexity index is 980. The maximum absolute atomic E-state index is 6.58. The molecule has 28 heavy (non-hydrogen) atoms. The number of ether oxygens (including phenoxy) is 1. The summed E-state index contributed by atoms with van der Waals surface area (Å²) in [6, 6.07) is 6.56. The fourth-order valence-corrected chi connectivity index (χ4v) is 3.81. The van der Waals surface area contributed by atoms with Gasteiger partial charge in [0, 0.05) is 31.6 Å². The second-order valence-corrected chi connectivity index (χ2v) is 7.87. The Morgan fingerprint density at radius 2 is 2.00 bits per heavy atom. The molecule has 0 amide bonds. The number of nitrogens with zero attached hydrogens (tertiary/aromatic N) is 3. The SMILES string of the molecule is CC[C@H](COC)n1cc(Cl)c2nc(-c3ccc(C(C)C)nc3NC)c(C)cc21. The summed E-state index contributed by atoms with van der Waals surface area (Å²) in [4.78, 5) is 9.73. The molecular weight excluding hydrogens is 372 g/mol. The van der Waals surface area contributed by atoms with E-state index in [2.05, 4.69) is 55.8 Å². The van der Waals surface area contributed by atoms with Crippen LogP contribution in [0.25, 0.3) is 22.3 Å². The topological polar surface area (TPSA) is 52.0 Å². The van der Waals surface area contributed by atoms with Crippen LogP contribution in [0.1, 0.15) is 50.4 Å². The van der Waals surface area contributed by atoms with Gasteiger partial charge in [0.1, 0.15) is 11.3 Å². The molecule has 3 aromatic heterocycles. The van der Waals surface area contributed by atoms with Crippen molar-refractivity contribution in [3.05, 3.63) is 40.7 Å². The highest BCUT2D eigenvalue weighted by molar-refractivity contribution is 6.35. The molecule has 1 atom stereocenters. The normalized spacial score (nSPS) is 12.7. The van der Waals surface area contributed by atoms with Gasteiger partial charge in [0.2, 0.25) is 0 Å². The van der Waals surface area contributed by atoms with Crippen LogP contribution < -0.4 is 5.32 Å². The van der Waals surface area contributed by atoms with Gasteiger partial charge >= 0.3 is 0 Å². The lowest BCUT2D eigenvalue weighted by molar-refractivity contribution is 0.155. The number of nitrogens with one attached hydrogen (secondary N) is 1. The van der Waals surface area contributed by atoms with Crippen LogP contribution in [0.5, 0.6) is 0 Å². The number of hydrogen-bond donors (Lipinski definition) is 1. The number of methoxy groups -OCH3 is 1. The molecule has 3 aromatic rings.